The van der Waals surface area contributed by atoms with Crippen molar-refractivity contribution in [3.8, 4) is 5.75 Å². The molecule has 0 aliphatic heterocycles. The van der Waals surface area contributed by atoms with Gasteiger partial charge in [-0.1, -0.05) is 18.6 Å². The molecule has 37 heavy (non-hydrogen) atoms. The minimum atomic E-state index is 0.0626. The van der Waals surface area contributed by atoms with E-state index in [1.54, 1.807) is 0 Å². The Morgan fingerprint density at radius 2 is 1.92 bits per heavy atom. The molecule has 2 N–H and O–H groups in total. The average Bonchev–Trinajstić information content (AvgIpc) is 2.86. The Hall–Kier alpha value is -2.36. The van der Waals surface area contributed by atoms with Crippen LogP contribution in [0.25, 0.3) is 0 Å². The number of hydrogen-bond acceptors (Lipinski definition) is 7. The van der Waals surface area contributed by atoms with E-state index in [1.165, 1.54) is 6.42 Å². The van der Waals surface area contributed by atoms with Crippen LogP contribution in [0.4, 0.5) is 0 Å². The number of aryl methyl sites for hydroxylation is 1. The molecular formula is C28H39BrN4O4. The van der Waals surface area contributed by atoms with Crippen LogP contribution >= 0.6 is 15.9 Å². The Kier molecular flexibility index (Phi) is 12.5. The molecule has 1 amide bonds. The van der Waals surface area contributed by atoms with Crippen LogP contribution < -0.4 is 10.5 Å². The summed E-state index contributed by atoms with van der Waals surface area (Å²) in [5.74, 6) is 2.17. The van der Waals surface area contributed by atoms with Crippen LogP contribution in [0.15, 0.2) is 34.9 Å². The molecule has 0 saturated heterocycles. The van der Waals surface area contributed by atoms with Crippen molar-refractivity contribution in [1.82, 2.24) is 14.9 Å². The summed E-state index contributed by atoms with van der Waals surface area (Å²) in [5, 5.41) is 0. The lowest BCUT2D eigenvalue weighted by molar-refractivity contribution is -0.136. The maximum absolute atomic E-state index is 12.3. The number of rotatable bonds is 17. The maximum Gasteiger partial charge on any atom is 0.225 e. The Labute approximate surface area is 228 Å². The number of carbonyl (C=O) groups is 2. The number of nitrogens with two attached hydrogens (primary N) is 1. The summed E-state index contributed by atoms with van der Waals surface area (Å²) in [7, 11) is 1.91. The second-order valence-corrected chi connectivity index (χ2v) is 10.4. The molecular weight excluding hydrogens is 536 g/mol. The van der Waals surface area contributed by atoms with Gasteiger partial charge in [0.1, 0.15) is 18.2 Å². The predicted octanol–water partition coefficient (Wildman–Crippen LogP) is 4.11. The lowest BCUT2D eigenvalue weighted by Gasteiger charge is -2.29. The van der Waals surface area contributed by atoms with Crippen LogP contribution in [0.3, 0.4) is 0 Å². The Balaban J connectivity index is 1.38. The van der Waals surface area contributed by atoms with Gasteiger partial charge in [-0.2, -0.15) is 0 Å². The number of ether oxygens (including phenoxy) is 2. The van der Waals surface area contributed by atoms with Crippen molar-refractivity contribution in [2.45, 2.75) is 57.8 Å². The van der Waals surface area contributed by atoms with Gasteiger partial charge >= 0.3 is 0 Å². The molecule has 8 nitrogen and oxygen atoms in total. The monoisotopic (exact) mass is 574 g/mol. The smallest absolute Gasteiger partial charge is 0.225 e. The quantitative estimate of drug-likeness (QED) is 0.283. The normalized spacial score (nSPS) is 13.3. The van der Waals surface area contributed by atoms with Crippen molar-refractivity contribution in [2.75, 3.05) is 40.0 Å². The minimum absolute atomic E-state index is 0.0626. The highest BCUT2D eigenvalue weighted by Crippen LogP contribution is 2.28. The summed E-state index contributed by atoms with van der Waals surface area (Å²) in [5.41, 5.74) is 7.44. The molecule has 2 aromatic rings. The van der Waals surface area contributed by atoms with Gasteiger partial charge in [0.25, 0.3) is 0 Å². The molecule has 1 aliphatic carbocycles. The number of amides is 1. The lowest BCUT2D eigenvalue weighted by atomic mass is 9.84. The molecule has 1 saturated carbocycles. The van der Waals surface area contributed by atoms with E-state index < -0.39 is 0 Å². The van der Waals surface area contributed by atoms with E-state index in [1.807, 2.05) is 42.4 Å². The molecule has 9 heteroatoms. The van der Waals surface area contributed by atoms with Gasteiger partial charge in [0.05, 0.1) is 23.4 Å². The number of aromatic nitrogens is 2. The first kappa shape index (κ1) is 29.2. The third kappa shape index (κ3) is 10.1. The van der Waals surface area contributed by atoms with Crippen molar-refractivity contribution in [1.29, 1.82) is 0 Å². The van der Waals surface area contributed by atoms with Crippen molar-refractivity contribution < 1.29 is 19.1 Å². The fourth-order valence-corrected chi connectivity index (χ4v) is 4.50. The van der Waals surface area contributed by atoms with Crippen LogP contribution in [0.5, 0.6) is 5.75 Å². The first-order chi connectivity index (χ1) is 18.0. The second-order valence-electron chi connectivity index (χ2n) is 9.58. The topological polar surface area (TPSA) is 108 Å². The zero-order valence-corrected chi connectivity index (χ0v) is 23.4. The number of benzene rings is 1. The fourth-order valence-electron chi connectivity index (χ4n) is 4.11. The summed E-state index contributed by atoms with van der Waals surface area (Å²) in [6.45, 7) is 2.21. The average molecular weight is 576 g/mol. The van der Waals surface area contributed by atoms with E-state index >= 15 is 0 Å². The fraction of sp³-hybridized carbons (Fsp3) is 0.571. The van der Waals surface area contributed by atoms with Crippen molar-refractivity contribution in [3.63, 3.8) is 0 Å². The third-order valence-electron chi connectivity index (χ3n) is 6.53. The van der Waals surface area contributed by atoms with Gasteiger partial charge in [0.2, 0.25) is 5.91 Å². The molecule has 1 aliphatic rings. The van der Waals surface area contributed by atoms with Gasteiger partial charge in [0.15, 0.2) is 5.78 Å². The molecule has 1 fully saturated rings. The van der Waals surface area contributed by atoms with E-state index in [-0.39, 0.29) is 18.3 Å². The molecule has 0 spiro atoms. The summed E-state index contributed by atoms with van der Waals surface area (Å²) in [4.78, 5) is 35.1. The first-order valence-corrected chi connectivity index (χ1v) is 14.0. The van der Waals surface area contributed by atoms with Gasteiger partial charge < -0.3 is 20.1 Å². The first-order valence-electron chi connectivity index (χ1n) is 13.2. The zero-order valence-electron chi connectivity index (χ0n) is 21.8. The lowest BCUT2D eigenvalue weighted by Crippen LogP contribution is -2.36. The number of halogens is 1. The Morgan fingerprint density at radius 3 is 2.62 bits per heavy atom. The molecule has 0 unspecified atom stereocenters. The number of carbonyl (C=O) groups excluding carboxylic acids is 2. The number of ketones is 1. The van der Waals surface area contributed by atoms with E-state index in [9.17, 15) is 9.59 Å². The molecule has 3 rings (SSSR count). The molecule has 1 aromatic carbocycles. The standard InChI is InChI=1S/C28H39BrN4O4/c1-33(28(35)22-6-4-7-22)15-3-2-9-26-25(29)19-31-27(32-26)18-21-10-12-24(13-11-21)37-16-5-8-23(34)20-36-17-14-30/h10-13,19,22H,2-9,14-18,20,30H2,1H3. The van der Waals surface area contributed by atoms with Crippen LogP contribution in [0, 0.1) is 5.92 Å². The summed E-state index contributed by atoms with van der Waals surface area (Å²) in [6.07, 6.45) is 9.58. The van der Waals surface area contributed by atoms with E-state index in [4.69, 9.17) is 20.2 Å². The van der Waals surface area contributed by atoms with E-state index in [2.05, 4.69) is 20.9 Å². The van der Waals surface area contributed by atoms with Crippen LogP contribution in [0.1, 0.15) is 62.0 Å². The van der Waals surface area contributed by atoms with Crippen LogP contribution in [0.2, 0.25) is 0 Å². The van der Waals surface area contributed by atoms with Gasteiger partial charge in [-0.25, -0.2) is 9.97 Å². The molecule has 0 bridgehead atoms. The van der Waals surface area contributed by atoms with Gasteiger partial charge in [-0.15, -0.1) is 0 Å². The predicted molar refractivity (Wildman–Crippen MR) is 147 cm³/mol. The minimum Gasteiger partial charge on any atom is -0.494 e. The largest absolute Gasteiger partial charge is 0.494 e. The summed E-state index contributed by atoms with van der Waals surface area (Å²) in [6, 6.07) is 7.90. The highest BCUT2D eigenvalue weighted by molar-refractivity contribution is 9.10. The van der Waals surface area contributed by atoms with Crippen LogP contribution in [-0.2, 0) is 27.2 Å². The van der Waals surface area contributed by atoms with Crippen molar-refractivity contribution in [3.05, 3.63) is 52.0 Å². The van der Waals surface area contributed by atoms with E-state index in [0.717, 1.165) is 66.0 Å². The molecule has 1 heterocycles. The highest BCUT2D eigenvalue weighted by Gasteiger charge is 2.27. The number of unbranched alkanes of at least 4 members (excludes halogenated alkanes) is 1. The summed E-state index contributed by atoms with van der Waals surface area (Å²) >= 11 is 3.58. The number of nitrogens with zero attached hydrogens (tertiary/aromatic N) is 3. The Bertz CT molecular complexity index is 998. The summed E-state index contributed by atoms with van der Waals surface area (Å²) < 4.78 is 11.8. The number of Topliss-reactive ketones (excluding diaryl/α,β-unsaturated/α-hetero) is 1. The molecule has 202 valence electrons. The van der Waals surface area contributed by atoms with E-state index in [0.29, 0.717) is 44.9 Å². The number of hydrogen-bond donors (Lipinski definition) is 1. The van der Waals surface area contributed by atoms with Gasteiger partial charge in [-0.3, -0.25) is 9.59 Å². The highest BCUT2D eigenvalue weighted by atomic mass is 79.9. The van der Waals surface area contributed by atoms with Crippen molar-refractivity contribution >= 4 is 27.6 Å². The third-order valence-corrected chi connectivity index (χ3v) is 7.20. The maximum atomic E-state index is 12.3. The molecule has 0 atom stereocenters. The van der Waals surface area contributed by atoms with Gasteiger partial charge in [0, 0.05) is 45.1 Å². The van der Waals surface area contributed by atoms with Crippen molar-refractivity contribution in [2.24, 2.45) is 11.7 Å². The van der Waals surface area contributed by atoms with Crippen LogP contribution in [-0.4, -0.2) is 66.5 Å². The SMILES string of the molecule is CN(CCCCc1nc(Cc2ccc(OCCCC(=O)COCCN)cc2)ncc1Br)C(=O)C1CCC1. The zero-order chi connectivity index (χ0) is 26.5. The second kappa shape index (κ2) is 15.8. The molecule has 1 aromatic heterocycles. The van der Waals surface area contributed by atoms with Gasteiger partial charge in [-0.05, 0) is 72.2 Å². The molecule has 0 radical (unpaired) electrons. The Morgan fingerprint density at radius 1 is 1.14 bits per heavy atom.